The third-order valence-corrected chi connectivity index (χ3v) is 6.36. The van der Waals surface area contributed by atoms with Crippen LogP contribution in [-0.4, -0.2) is 41.4 Å². The van der Waals surface area contributed by atoms with Crippen molar-refractivity contribution in [1.29, 1.82) is 0 Å². The summed E-state index contributed by atoms with van der Waals surface area (Å²) in [7, 11) is 0. The molecule has 2 heterocycles. The number of carbonyl (C=O) groups is 3. The minimum absolute atomic E-state index is 0.0135. The Bertz CT molecular complexity index is 1070. The van der Waals surface area contributed by atoms with Gasteiger partial charge in [-0.1, -0.05) is 29.8 Å². The summed E-state index contributed by atoms with van der Waals surface area (Å²) in [5, 5.41) is 3.28. The lowest BCUT2D eigenvalue weighted by molar-refractivity contribution is -0.118. The van der Waals surface area contributed by atoms with E-state index in [9.17, 15) is 14.4 Å². The normalized spacial score (nSPS) is 19.6. The molecule has 0 saturated carbocycles. The first-order chi connectivity index (χ1) is 15.4. The minimum atomic E-state index is -0.714. The Balaban J connectivity index is 1.45. The number of amides is 3. The molecule has 0 spiro atoms. The molecular formula is C24H26ClN3O4. The molecule has 168 valence electrons. The van der Waals surface area contributed by atoms with E-state index in [1.807, 2.05) is 26.0 Å². The molecule has 2 aliphatic rings. The van der Waals surface area contributed by atoms with Crippen molar-refractivity contribution >= 4 is 40.7 Å². The van der Waals surface area contributed by atoms with E-state index in [4.69, 9.17) is 16.3 Å². The highest BCUT2D eigenvalue weighted by Crippen LogP contribution is 2.44. The second-order valence-corrected chi connectivity index (χ2v) is 8.53. The Kier molecular flexibility index (Phi) is 6.11. The topological polar surface area (TPSA) is 79.0 Å². The van der Waals surface area contributed by atoms with Gasteiger partial charge in [0, 0.05) is 19.4 Å². The second-order valence-electron chi connectivity index (χ2n) is 8.12. The van der Waals surface area contributed by atoms with Gasteiger partial charge in [0.15, 0.2) is 5.75 Å². The van der Waals surface area contributed by atoms with Crippen LogP contribution in [0.15, 0.2) is 42.5 Å². The maximum absolute atomic E-state index is 13.2. The van der Waals surface area contributed by atoms with E-state index in [1.165, 1.54) is 0 Å². The number of nitrogens with zero attached hydrogens (tertiary/aromatic N) is 2. The summed E-state index contributed by atoms with van der Waals surface area (Å²) in [6.07, 6.45) is 1.64. The highest BCUT2D eigenvalue weighted by atomic mass is 35.5. The summed E-state index contributed by atoms with van der Waals surface area (Å²) >= 11 is 6.18. The van der Waals surface area contributed by atoms with Gasteiger partial charge in [-0.25, -0.2) is 0 Å². The molecule has 1 N–H and O–H groups in total. The van der Waals surface area contributed by atoms with Gasteiger partial charge in [-0.05, 0) is 51.0 Å². The molecule has 0 radical (unpaired) electrons. The van der Waals surface area contributed by atoms with Crippen LogP contribution < -0.4 is 15.0 Å². The molecule has 1 atom stereocenters. The quantitative estimate of drug-likeness (QED) is 0.668. The van der Waals surface area contributed by atoms with E-state index < -0.39 is 5.66 Å². The molecule has 3 amide bonds. The molecule has 2 aliphatic heterocycles. The Hall–Kier alpha value is -3.06. The number of rotatable bonds is 7. The highest BCUT2D eigenvalue weighted by Gasteiger charge is 2.52. The van der Waals surface area contributed by atoms with Crippen molar-refractivity contribution in [1.82, 2.24) is 4.90 Å². The number of anilines is 2. The lowest BCUT2D eigenvalue weighted by Crippen LogP contribution is -2.62. The largest absolute Gasteiger partial charge is 0.490 e. The smallest absolute Gasteiger partial charge is 0.257 e. The average Bonchev–Trinajstić information content (AvgIpc) is 3.08. The average molecular weight is 456 g/mol. The standard InChI is InChI=1S/C24H26ClN3O4/c1-3-32-22-17(25)9-6-10-18(22)26-20(29)12-7-15-27-23(31)16-8-4-5-11-19(16)28-21(30)13-14-24(27,28)2/h4-6,8-11H,3,7,12-15H2,1-2H3,(H,26,29). The molecule has 1 fully saturated rings. The monoisotopic (exact) mass is 455 g/mol. The second kappa shape index (κ2) is 8.82. The number of para-hydroxylation sites is 2. The van der Waals surface area contributed by atoms with Crippen LogP contribution in [0.25, 0.3) is 0 Å². The zero-order valence-corrected chi connectivity index (χ0v) is 18.9. The van der Waals surface area contributed by atoms with E-state index >= 15 is 0 Å². The molecule has 2 aromatic carbocycles. The van der Waals surface area contributed by atoms with Crippen molar-refractivity contribution in [3.8, 4) is 5.75 Å². The summed E-state index contributed by atoms with van der Waals surface area (Å²) in [5.41, 5.74) is 0.992. The molecule has 8 heteroatoms. The number of hydrogen-bond donors (Lipinski definition) is 1. The fourth-order valence-corrected chi connectivity index (χ4v) is 4.78. The lowest BCUT2D eigenvalue weighted by atomic mass is 9.98. The van der Waals surface area contributed by atoms with Gasteiger partial charge in [-0.15, -0.1) is 0 Å². The maximum Gasteiger partial charge on any atom is 0.257 e. The van der Waals surface area contributed by atoms with Crippen molar-refractivity contribution < 1.29 is 19.1 Å². The third-order valence-electron chi connectivity index (χ3n) is 6.06. The SMILES string of the molecule is CCOc1c(Cl)cccc1NC(=O)CCCN1C(=O)c2ccccc2N2C(=O)CCC12C. The van der Waals surface area contributed by atoms with Gasteiger partial charge in [0.25, 0.3) is 5.91 Å². The van der Waals surface area contributed by atoms with Crippen molar-refractivity contribution in [3.63, 3.8) is 0 Å². The van der Waals surface area contributed by atoms with Crippen LogP contribution in [0, 0.1) is 0 Å². The molecular weight excluding hydrogens is 430 g/mol. The molecule has 32 heavy (non-hydrogen) atoms. The van der Waals surface area contributed by atoms with Crippen molar-refractivity contribution in [2.24, 2.45) is 0 Å². The van der Waals surface area contributed by atoms with Crippen LogP contribution in [0.1, 0.15) is 49.9 Å². The van der Waals surface area contributed by atoms with Crippen LogP contribution in [0.2, 0.25) is 5.02 Å². The fourth-order valence-electron chi connectivity index (χ4n) is 4.55. The van der Waals surface area contributed by atoms with E-state index in [1.54, 1.807) is 40.1 Å². The molecule has 7 nitrogen and oxygen atoms in total. The number of hydrogen-bond acceptors (Lipinski definition) is 4. The maximum atomic E-state index is 13.2. The van der Waals surface area contributed by atoms with Gasteiger partial charge in [0.1, 0.15) is 5.66 Å². The zero-order valence-electron chi connectivity index (χ0n) is 18.2. The predicted octanol–water partition coefficient (Wildman–Crippen LogP) is 4.46. The molecule has 4 rings (SSSR count). The van der Waals surface area contributed by atoms with Crippen molar-refractivity contribution in [2.45, 2.75) is 45.2 Å². The van der Waals surface area contributed by atoms with Gasteiger partial charge in [-0.3, -0.25) is 19.3 Å². The van der Waals surface area contributed by atoms with E-state index in [0.29, 0.717) is 60.1 Å². The molecule has 2 aromatic rings. The Morgan fingerprint density at radius 2 is 1.97 bits per heavy atom. The number of fused-ring (bicyclic) bond motifs is 3. The summed E-state index contributed by atoms with van der Waals surface area (Å²) in [5.74, 6) is 0.158. The van der Waals surface area contributed by atoms with E-state index in [0.717, 1.165) is 0 Å². The molecule has 0 aromatic heterocycles. The number of nitrogens with one attached hydrogen (secondary N) is 1. The highest BCUT2D eigenvalue weighted by molar-refractivity contribution is 6.32. The third kappa shape index (κ3) is 3.81. The lowest BCUT2D eigenvalue weighted by Gasteiger charge is -2.48. The number of halogens is 1. The van der Waals surface area contributed by atoms with Crippen molar-refractivity contribution in [3.05, 3.63) is 53.1 Å². The Labute approximate surface area is 192 Å². The van der Waals surface area contributed by atoms with Gasteiger partial charge in [0.2, 0.25) is 11.8 Å². The summed E-state index contributed by atoms with van der Waals surface area (Å²) < 4.78 is 5.55. The predicted molar refractivity (Wildman–Crippen MR) is 123 cm³/mol. The number of carbonyl (C=O) groups excluding carboxylic acids is 3. The van der Waals surface area contributed by atoms with Gasteiger partial charge in [-0.2, -0.15) is 0 Å². The first kappa shape index (κ1) is 22.1. The summed E-state index contributed by atoms with van der Waals surface area (Å²) in [6, 6.07) is 12.4. The summed E-state index contributed by atoms with van der Waals surface area (Å²) in [6.45, 7) is 4.57. The zero-order chi connectivity index (χ0) is 22.9. The number of benzene rings is 2. The van der Waals surface area contributed by atoms with Gasteiger partial charge in [0.05, 0.1) is 28.6 Å². The minimum Gasteiger partial charge on any atom is -0.490 e. The van der Waals surface area contributed by atoms with Crippen molar-refractivity contribution in [2.75, 3.05) is 23.4 Å². The first-order valence-electron chi connectivity index (χ1n) is 10.8. The Morgan fingerprint density at radius 1 is 1.19 bits per heavy atom. The van der Waals surface area contributed by atoms with Gasteiger partial charge < -0.3 is 15.0 Å². The fraction of sp³-hybridized carbons (Fsp3) is 0.375. The van der Waals surface area contributed by atoms with E-state index in [-0.39, 0.29) is 24.1 Å². The Morgan fingerprint density at radius 3 is 2.75 bits per heavy atom. The molecule has 1 unspecified atom stereocenters. The van der Waals surface area contributed by atoms with E-state index in [2.05, 4.69) is 5.32 Å². The van der Waals surface area contributed by atoms with Crippen LogP contribution in [0.5, 0.6) is 5.75 Å². The molecule has 1 saturated heterocycles. The molecule has 0 aliphatic carbocycles. The van der Waals surface area contributed by atoms with Crippen LogP contribution in [0.3, 0.4) is 0 Å². The number of ether oxygens (including phenoxy) is 1. The van der Waals surface area contributed by atoms with Crippen LogP contribution in [0.4, 0.5) is 11.4 Å². The van der Waals surface area contributed by atoms with Crippen LogP contribution in [-0.2, 0) is 9.59 Å². The first-order valence-corrected chi connectivity index (χ1v) is 11.2. The summed E-state index contributed by atoms with van der Waals surface area (Å²) in [4.78, 5) is 41.9. The molecule has 0 bridgehead atoms. The van der Waals surface area contributed by atoms with Gasteiger partial charge >= 0.3 is 0 Å². The van der Waals surface area contributed by atoms with Crippen LogP contribution >= 0.6 is 11.6 Å².